The number of unbranched alkanes of at least 4 members (excludes halogenated alkanes) is 2. The molecule has 7 heteroatoms. The second kappa shape index (κ2) is 10.9. The third-order valence-corrected chi connectivity index (χ3v) is 4.91. The zero-order chi connectivity index (χ0) is 22.1. The molecule has 1 atom stereocenters. The van der Waals surface area contributed by atoms with Gasteiger partial charge in [0.1, 0.15) is 6.04 Å². The van der Waals surface area contributed by atoms with Gasteiger partial charge in [-0.25, -0.2) is 0 Å². The number of carboxylic acids is 1. The second-order valence-corrected chi connectivity index (χ2v) is 7.29. The number of hydrogen-bond donors (Lipinski definition) is 3. The van der Waals surface area contributed by atoms with E-state index in [0.29, 0.717) is 36.9 Å². The second-order valence-electron chi connectivity index (χ2n) is 7.29. The summed E-state index contributed by atoms with van der Waals surface area (Å²) in [6.45, 7) is 0. The molecule has 2 amide bonds. The largest absolute Gasteiger partial charge is 0.481 e. The highest BCUT2D eigenvalue weighted by Gasteiger charge is 2.21. The Labute approximate surface area is 180 Å². The molecule has 0 aliphatic rings. The van der Waals surface area contributed by atoms with Crippen molar-refractivity contribution < 1.29 is 19.5 Å². The molecule has 0 saturated heterocycles. The minimum atomic E-state index is -0.836. The first-order valence-electron chi connectivity index (χ1n) is 10.3. The summed E-state index contributed by atoms with van der Waals surface area (Å²) in [7, 11) is 0. The van der Waals surface area contributed by atoms with Crippen molar-refractivity contribution in [1.29, 1.82) is 0 Å². The Hall–Kier alpha value is -3.74. The SMILES string of the molecule is O=C(O)CCCCC[C@H](NC(=O)c1ccccc1)C(=O)Nc1ccc2ncccc2c1. The summed E-state index contributed by atoms with van der Waals surface area (Å²) in [4.78, 5) is 40.5. The fourth-order valence-corrected chi connectivity index (χ4v) is 3.28. The molecule has 0 bridgehead atoms. The predicted molar refractivity (Wildman–Crippen MR) is 119 cm³/mol. The van der Waals surface area contributed by atoms with E-state index in [4.69, 9.17) is 5.11 Å². The van der Waals surface area contributed by atoms with Crippen LogP contribution >= 0.6 is 0 Å². The van der Waals surface area contributed by atoms with Crippen molar-refractivity contribution in [2.75, 3.05) is 5.32 Å². The highest BCUT2D eigenvalue weighted by atomic mass is 16.4. The summed E-state index contributed by atoms with van der Waals surface area (Å²) >= 11 is 0. The van der Waals surface area contributed by atoms with Crippen LogP contribution in [0.25, 0.3) is 10.9 Å². The monoisotopic (exact) mass is 419 g/mol. The van der Waals surface area contributed by atoms with Crippen molar-refractivity contribution in [3.05, 3.63) is 72.4 Å². The molecule has 0 aliphatic heterocycles. The van der Waals surface area contributed by atoms with E-state index in [0.717, 1.165) is 10.9 Å². The molecule has 2 aromatic carbocycles. The molecular formula is C24H25N3O4. The van der Waals surface area contributed by atoms with Crippen LogP contribution in [0.2, 0.25) is 0 Å². The van der Waals surface area contributed by atoms with Crippen molar-refractivity contribution in [3.8, 4) is 0 Å². The van der Waals surface area contributed by atoms with Crippen molar-refractivity contribution in [3.63, 3.8) is 0 Å². The normalized spacial score (nSPS) is 11.6. The lowest BCUT2D eigenvalue weighted by atomic mass is 10.1. The molecule has 0 fully saturated rings. The van der Waals surface area contributed by atoms with Crippen molar-refractivity contribution in [2.45, 2.75) is 38.1 Å². The quantitative estimate of drug-likeness (QED) is 0.430. The molecule has 0 spiro atoms. The van der Waals surface area contributed by atoms with Crippen molar-refractivity contribution >= 4 is 34.4 Å². The number of amides is 2. The molecule has 160 valence electrons. The number of rotatable bonds is 10. The molecule has 1 aromatic heterocycles. The number of aliphatic carboxylic acids is 1. The Bertz CT molecular complexity index is 1050. The third kappa shape index (κ3) is 6.64. The number of aromatic nitrogens is 1. The number of fused-ring (bicyclic) bond motifs is 1. The number of anilines is 1. The smallest absolute Gasteiger partial charge is 0.303 e. The average molecular weight is 419 g/mol. The number of carboxylic acid groups (broad SMARTS) is 1. The molecule has 3 aromatic rings. The molecule has 31 heavy (non-hydrogen) atoms. The van der Waals surface area contributed by atoms with Gasteiger partial charge in [0.15, 0.2) is 0 Å². The maximum absolute atomic E-state index is 13.0. The van der Waals surface area contributed by atoms with Crippen molar-refractivity contribution in [2.24, 2.45) is 0 Å². The van der Waals surface area contributed by atoms with E-state index in [-0.39, 0.29) is 18.2 Å². The minimum Gasteiger partial charge on any atom is -0.481 e. The summed E-state index contributed by atoms with van der Waals surface area (Å²) in [5.41, 5.74) is 1.92. The van der Waals surface area contributed by atoms with Gasteiger partial charge in [-0.3, -0.25) is 19.4 Å². The van der Waals surface area contributed by atoms with Gasteiger partial charge in [0, 0.05) is 29.3 Å². The lowest BCUT2D eigenvalue weighted by Crippen LogP contribution is -2.43. The topological polar surface area (TPSA) is 108 Å². The summed E-state index contributed by atoms with van der Waals surface area (Å²) < 4.78 is 0. The molecule has 3 N–H and O–H groups in total. The first-order valence-corrected chi connectivity index (χ1v) is 10.3. The van der Waals surface area contributed by atoms with Crippen LogP contribution in [0, 0.1) is 0 Å². The summed E-state index contributed by atoms with van der Waals surface area (Å²) in [6.07, 6.45) is 4.05. The minimum absolute atomic E-state index is 0.0956. The van der Waals surface area contributed by atoms with Crippen LogP contribution in [-0.2, 0) is 9.59 Å². The Morgan fingerprint density at radius 1 is 0.935 bits per heavy atom. The Kier molecular flexibility index (Phi) is 7.70. The van der Waals surface area contributed by atoms with E-state index >= 15 is 0 Å². The molecule has 0 unspecified atom stereocenters. The van der Waals surface area contributed by atoms with Gasteiger partial charge in [-0.2, -0.15) is 0 Å². The number of pyridine rings is 1. The van der Waals surface area contributed by atoms with E-state index in [1.165, 1.54) is 0 Å². The van der Waals surface area contributed by atoms with Crippen LogP contribution in [0.3, 0.4) is 0 Å². The summed E-state index contributed by atoms with van der Waals surface area (Å²) in [5.74, 6) is -1.47. The molecule has 0 saturated carbocycles. The molecular weight excluding hydrogens is 394 g/mol. The van der Waals surface area contributed by atoms with Crippen LogP contribution in [0.5, 0.6) is 0 Å². The van der Waals surface area contributed by atoms with Gasteiger partial charge >= 0.3 is 5.97 Å². The van der Waals surface area contributed by atoms with Gasteiger partial charge in [0.25, 0.3) is 5.91 Å². The van der Waals surface area contributed by atoms with Crippen LogP contribution in [0.1, 0.15) is 42.5 Å². The number of carbonyl (C=O) groups is 3. The molecule has 3 rings (SSSR count). The van der Waals surface area contributed by atoms with E-state index in [1.807, 2.05) is 30.3 Å². The lowest BCUT2D eigenvalue weighted by molar-refractivity contribution is -0.137. The van der Waals surface area contributed by atoms with Crippen molar-refractivity contribution in [1.82, 2.24) is 10.3 Å². The maximum atomic E-state index is 13.0. The van der Waals surface area contributed by atoms with Crippen LogP contribution < -0.4 is 10.6 Å². The van der Waals surface area contributed by atoms with Crippen LogP contribution in [0.4, 0.5) is 5.69 Å². The number of carbonyl (C=O) groups excluding carboxylic acids is 2. The highest BCUT2D eigenvalue weighted by Crippen LogP contribution is 2.18. The van der Waals surface area contributed by atoms with E-state index in [1.54, 1.807) is 36.5 Å². The van der Waals surface area contributed by atoms with Gasteiger partial charge in [-0.05, 0) is 49.2 Å². The van der Waals surface area contributed by atoms with Gasteiger partial charge in [0.2, 0.25) is 5.91 Å². The van der Waals surface area contributed by atoms with Crippen LogP contribution in [0.15, 0.2) is 66.9 Å². The Morgan fingerprint density at radius 3 is 2.52 bits per heavy atom. The summed E-state index contributed by atoms with van der Waals surface area (Å²) in [5, 5.41) is 15.4. The number of nitrogens with zero attached hydrogens (tertiary/aromatic N) is 1. The predicted octanol–water partition coefficient (Wildman–Crippen LogP) is 4.01. The fourth-order valence-electron chi connectivity index (χ4n) is 3.28. The standard InChI is InChI=1S/C24H25N3O4/c28-22(29)12-6-2-5-11-21(27-23(30)17-8-3-1-4-9-17)24(31)26-19-13-14-20-18(16-19)10-7-15-25-20/h1,3-4,7-10,13-16,21H,2,5-6,11-12H2,(H,26,31)(H,27,30)(H,28,29)/t21-/m0/s1. The Morgan fingerprint density at radius 2 is 1.74 bits per heavy atom. The zero-order valence-electron chi connectivity index (χ0n) is 17.1. The first-order chi connectivity index (χ1) is 15.0. The summed E-state index contributed by atoms with van der Waals surface area (Å²) in [6, 6.07) is 17.2. The highest BCUT2D eigenvalue weighted by molar-refractivity contribution is 6.01. The lowest BCUT2D eigenvalue weighted by Gasteiger charge is -2.19. The third-order valence-electron chi connectivity index (χ3n) is 4.91. The van der Waals surface area contributed by atoms with E-state index in [2.05, 4.69) is 15.6 Å². The van der Waals surface area contributed by atoms with E-state index in [9.17, 15) is 14.4 Å². The molecule has 0 aliphatic carbocycles. The maximum Gasteiger partial charge on any atom is 0.303 e. The number of benzene rings is 2. The van der Waals surface area contributed by atoms with Crippen LogP contribution in [-0.4, -0.2) is 33.9 Å². The van der Waals surface area contributed by atoms with Gasteiger partial charge in [-0.1, -0.05) is 37.1 Å². The first kappa shape index (κ1) is 22.0. The van der Waals surface area contributed by atoms with Gasteiger partial charge in [0.05, 0.1) is 5.52 Å². The average Bonchev–Trinajstić information content (AvgIpc) is 2.78. The molecule has 7 nitrogen and oxygen atoms in total. The molecule has 1 heterocycles. The van der Waals surface area contributed by atoms with Gasteiger partial charge < -0.3 is 15.7 Å². The number of hydrogen-bond acceptors (Lipinski definition) is 4. The fraction of sp³-hybridized carbons (Fsp3) is 0.250. The van der Waals surface area contributed by atoms with Gasteiger partial charge in [-0.15, -0.1) is 0 Å². The Balaban J connectivity index is 1.67. The zero-order valence-corrected chi connectivity index (χ0v) is 17.1. The number of nitrogens with one attached hydrogen (secondary N) is 2. The molecule has 0 radical (unpaired) electrons. The van der Waals surface area contributed by atoms with E-state index < -0.39 is 12.0 Å².